The third-order valence-electron chi connectivity index (χ3n) is 4.45. The van der Waals surface area contributed by atoms with Gasteiger partial charge in [0.2, 0.25) is 0 Å². The Hall–Kier alpha value is -2.84. The molecule has 0 aromatic heterocycles. The summed E-state index contributed by atoms with van der Waals surface area (Å²) in [7, 11) is 0. The van der Waals surface area contributed by atoms with Crippen molar-refractivity contribution in [3.8, 4) is 0 Å². The molecule has 0 saturated heterocycles. The Morgan fingerprint density at radius 3 is 2.15 bits per heavy atom. The number of rotatable bonds is 6. The molecule has 0 aliphatic heterocycles. The number of carbonyl (C=O) groups excluding carboxylic acids is 1. The Morgan fingerprint density at radius 1 is 0.926 bits per heavy atom. The van der Waals surface area contributed by atoms with Gasteiger partial charge in [-0.25, -0.2) is 0 Å². The van der Waals surface area contributed by atoms with Gasteiger partial charge in [0.15, 0.2) is 0 Å². The van der Waals surface area contributed by atoms with Crippen LogP contribution in [0.25, 0.3) is 11.6 Å². The van der Waals surface area contributed by atoms with E-state index in [0.717, 1.165) is 23.1 Å². The van der Waals surface area contributed by atoms with Crippen LogP contribution in [-0.4, -0.2) is 5.91 Å². The Labute approximate surface area is 165 Å². The molecule has 136 valence electrons. The average Bonchev–Trinajstić information content (AvgIpc) is 2.72. The van der Waals surface area contributed by atoms with E-state index in [1.165, 1.54) is 0 Å². The lowest BCUT2D eigenvalue weighted by atomic mass is 9.99. The van der Waals surface area contributed by atoms with Crippen LogP contribution >= 0.6 is 11.6 Å². The molecule has 1 atom stereocenters. The molecule has 0 fully saturated rings. The summed E-state index contributed by atoms with van der Waals surface area (Å²) in [5.74, 6) is -0.114. The molecule has 0 aliphatic carbocycles. The molecule has 0 radical (unpaired) electrons. The molecule has 0 heterocycles. The van der Waals surface area contributed by atoms with Gasteiger partial charge in [-0.1, -0.05) is 97.4 Å². The predicted octanol–water partition coefficient (Wildman–Crippen LogP) is 6.15. The summed E-state index contributed by atoms with van der Waals surface area (Å²) in [6.07, 6.45) is 2.66. The van der Waals surface area contributed by atoms with Crippen LogP contribution in [0.4, 0.5) is 0 Å². The second-order valence-electron chi connectivity index (χ2n) is 6.29. The summed E-state index contributed by atoms with van der Waals surface area (Å²) >= 11 is 6.31. The van der Waals surface area contributed by atoms with Gasteiger partial charge >= 0.3 is 0 Å². The lowest BCUT2D eigenvalue weighted by Crippen LogP contribution is -2.28. The molecule has 1 N–H and O–H groups in total. The maximum atomic E-state index is 13.2. The summed E-state index contributed by atoms with van der Waals surface area (Å²) in [4.78, 5) is 13.2. The first-order valence-electron chi connectivity index (χ1n) is 9.06. The quantitative estimate of drug-likeness (QED) is 0.406. The van der Waals surface area contributed by atoms with Crippen LogP contribution in [0.2, 0.25) is 5.02 Å². The van der Waals surface area contributed by atoms with Gasteiger partial charge < -0.3 is 5.32 Å². The van der Waals surface area contributed by atoms with Gasteiger partial charge in [-0.3, -0.25) is 4.79 Å². The fourth-order valence-electron chi connectivity index (χ4n) is 2.99. The summed E-state index contributed by atoms with van der Waals surface area (Å²) in [6.45, 7) is 2.07. The smallest absolute Gasteiger partial charge is 0.252 e. The molecular weight excluding hydrogens is 354 g/mol. The van der Waals surface area contributed by atoms with Gasteiger partial charge in [0, 0.05) is 10.6 Å². The maximum Gasteiger partial charge on any atom is 0.252 e. The minimum atomic E-state index is -0.114. The summed E-state index contributed by atoms with van der Waals surface area (Å²) in [6, 6.07) is 27.2. The highest BCUT2D eigenvalue weighted by Crippen LogP contribution is 2.25. The van der Waals surface area contributed by atoms with Crippen molar-refractivity contribution in [1.29, 1.82) is 0 Å². The van der Waals surface area contributed by atoms with Crippen molar-refractivity contribution >= 4 is 29.2 Å². The topological polar surface area (TPSA) is 29.1 Å². The first-order valence-corrected chi connectivity index (χ1v) is 9.44. The number of hydrogen-bond acceptors (Lipinski definition) is 1. The predicted molar refractivity (Wildman–Crippen MR) is 113 cm³/mol. The lowest BCUT2D eigenvalue weighted by Gasteiger charge is -2.19. The lowest BCUT2D eigenvalue weighted by molar-refractivity contribution is -0.116. The molecule has 3 heteroatoms. The molecule has 3 aromatic rings. The van der Waals surface area contributed by atoms with Gasteiger partial charge in [0.05, 0.1) is 6.04 Å². The Kier molecular flexibility index (Phi) is 6.45. The van der Waals surface area contributed by atoms with Gasteiger partial charge in [-0.15, -0.1) is 0 Å². The minimum absolute atomic E-state index is 0.0444. The SMILES string of the molecule is CCC(NC(=O)/C(=C/c1ccccc1Cl)c1ccccc1)c1ccccc1. The van der Waals surface area contributed by atoms with Crippen molar-refractivity contribution in [2.45, 2.75) is 19.4 Å². The zero-order valence-electron chi connectivity index (χ0n) is 15.2. The van der Waals surface area contributed by atoms with E-state index in [9.17, 15) is 4.79 Å². The van der Waals surface area contributed by atoms with Crippen molar-refractivity contribution in [1.82, 2.24) is 5.32 Å². The molecule has 0 saturated carbocycles. The molecule has 3 aromatic carbocycles. The Morgan fingerprint density at radius 2 is 1.52 bits per heavy atom. The number of halogens is 1. The Bertz CT molecular complexity index is 919. The van der Waals surface area contributed by atoms with Crippen molar-refractivity contribution < 1.29 is 4.79 Å². The second kappa shape index (κ2) is 9.20. The van der Waals surface area contributed by atoms with E-state index in [4.69, 9.17) is 11.6 Å². The second-order valence-corrected chi connectivity index (χ2v) is 6.70. The summed E-state index contributed by atoms with van der Waals surface area (Å²) in [5, 5.41) is 3.79. The van der Waals surface area contributed by atoms with E-state index >= 15 is 0 Å². The van der Waals surface area contributed by atoms with Crippen molar-refractivity contribution in [2.24, 2.45) is 0 Å². The van der Waals surface area contributed by atoms with E-state index in [0.29, 0.717) is 10.6 Å². The van der Waals surface area contributed by atoms with Crippen molar-refractivity contribution in [3.63, 3.8) is 0 Å². The molecule has 0 spiro atoms. The normalized spacial score (nSPS) is 12.4. The Balaban J connectivity index is 1.95. The van der Waals surface area contributed by atoms with E-state index in [1.807, 2.05) is 91.0 Å². The number of nitrogens with one attached hydrogen (secondary N) is 1. The number of amides is 1. The van der Waals surface area contributed by atoms with Crippen LogP contribution < -0.4 is 5.32 Å². The van der Waals surface area contributed by atoms with Crippen LogP contribution in [0.3, 0.4) is 0 Å². The van der Waals surface area contributed by atoms with Crippen LogP contribution in [-0.2, 0) is 4.79 Å². The zero-order chi connectivity index (χ0) is 19.1. The highest BCUT2D eigenvalue weighted by Gasteiger charge is 2.17. The zero-order valence-corrected chi connectivity index (χ0v) is 16.0. The van der Waals surface area contributed by atoms with E-state index in [-0.39, 0.29) is 11.9 Å². The summed E-state index contributed by atoms with van der Waals surface area (Å²) < 4.78 is 0. The molecular formula is C24H22ClNO. The van der Waals surface area contributed by atoms with E-state index in [1.54, 1.807) is 0 Å². The van der Waals surface area contributed by atoms with Crippen LogP contribution in [0.5, 0.6) is 0 Å². The average molecular weight is 376 g/mol. The van der Waals surface area contributed by atoms with Crippen LogP contribution in [0.15, 0.2) is 84.9 Å². The van der Waals surface area contributed by atoms with Crippen LogP contribution in [0.1, 0.15) is 36.1 Å². The fraction of sp³-hybridized carbons (Fsp3) is 0.125. The first-order chi connectivity index (χ1) is 13.2. The summed E-state index contributed by atoms with van der Waals surface area (Å²) in [5.41, 5.74) is 3.37. The van der Waals surface area contributed by atoms with Gasteiger partial charge in [0.1, 0.15) is 0 Å². The standard InChI is InChI=1S/C24H22ClNO/c1-2-23(19-13-7-4-8-14-19)26-24(27)21(18-11-5-3-6-12-18)17-20-15-9-10-16-22(20)25/h3-17,23H,2H2,1H3,(H,26,27)/b21-17+. The van der Waals surface area contributed by atoms with Crippen molar-refractivity contribution in [2.75, 3.05) is 0 Å². The fourth-order valence-corrected chi connectivity index (χ4v) is 3.18. The molecule has 27 heavy (non-hydrogen) atoms. The minimum Gasteiger partial charge on any atom is -0.345 e. The molecule has 3 rings (SSSR count). The molecule has 2 nitrogen and oxygen atoms in total. The number of carbonyl (C=O) groups is 1. The third kappa shape index (κ3) is 4.87. The maximum absolute atomic E-state index is 13.2. The number of benzene rings is 3. The highest BCUT2D eigenvalue weighted by molar-refractivity contribution is 6.33. The molecule has 0 bridgehead atoms. The first kappa shape index (κ1) is 18.9. The molecule has 0 aliphatic rings. The highest BCUT2D eigenvalue weighted by atomic mass is 35.5. The van der Waals surface area contributed by atoms with E-state index in [2.05, 4.69) is 12.2 Å². The van der Waals surface area contributed by atoms with Crippen molar-refractivity contribution in [3.05, 3.63) is 107 Å². The van der Waals surface area contributed by atoms with Gasteiger partial charge in [-0.05, 0) is 35.3 Å². The molecule has 1 unspecified atom stereocenters. The number of hydrogen-bond donors (Lipinski definition) is 1. The largest absolute Gasteiger partial charge is 0.345 e. The van der Waals surface area contributed by atoms with Crippen LogP contribution in [0, 0.1) is 0 Å². The van der Waals surface area contributed by atoms with Gasteiger partial charge in [-0.2, -0.15) is 0 Å². The van der Waals surface area contributed by atoms with E-state index < -0.39 is 0 Å². The monoisotopic (exact) mass is 375 g/mol. The molecule has 1 amide bonds. The third-order valence-corrected chi connectivity index (χ3v) is 4.79. The van der Waals surface area contributed by atoms with Gasteiger partial charge in [0.25, 0.3) is 5.91 Å².